The number of hydrogen-bond acceptors (Lipinski definition) is 8. The Bertz CT molecular complexity index is 911. The van der Waals surface area contributed by atoms with Gasteiger partial charge in [-0.25, -0.2) is 0 Å². The second-order valence-electron chi connectivity index (χ2n) is 16.1. The van der Waals surface area contributed by atoms with Crippen LogP contribution in [0.3, 0.4) is 0 Å². The first-order chi connectivity index (χ1) is 20.0. The van der Waals surface area contributed by atoms with Crippen LogP contribution in [0.4, 0.5) is 17.8 Å². The van der Waals surface area contributed by atoms with Crippen molar-refractivity contribution in [1.29, 1.82) is 0 Å². The van der Waals surface area contributed by atoms with Gasteiger partial charge in [0.25, 0.3) is 0 Å². The van der Waals surface area contributed by atoms with Gasteiger partial charge in [-0.05, 0) is 114 Å². The lowest BCUT2D eigenvalue weighted by atomic mass is 9.77. The zero-order valence-electron chi connectivity index (χ0n) is 30.5. The zero-order valence-corrected chi connectivity index (χ0v) is 30.5. The van der Waals surface area contributed by atoms with E-state index in [0.29, 0.717) is 12.1 Å². The molecule has 1 N–H and O–H groups in total. The second-order valence-corrected chi connectivity index (χ2v) is 16.1. The summed E-state index contributed by atoms with van der Waals surface area (Å²) >= 11 is 0. The standard InChI is InChI=1S/C35H68N8/c1-14-17-20-36-29-37-30(42(21-18-15-2)27-23-32(4,5)40(12)33(6,7)24-27)39-31(38-29)43(22-19-16-3)28-25-34(8,9)41(13)35(10,11)26-28/h27-28H,14-26H2,1-13H3,(H,36,37,38,39). The minimum atomic E-state index is 0.0907. The van der Waals surface area contributed by atoms with E-state index in [2.05, 4.69) is 115 Å². The number of likely N-dealkylation sites (tertiary alicyclic amines) is 2. The molecule has 3 heterocycles. The SMILES string of the molecule is CCCCNc1nc(N(CCCC)C2CC(C)(C)N(C)C(C)(C)C2)nc(N(CCCC)C2CC(C)(C)N(C)C(C)(C)C2)n1. The van der Waals surface area contributed by atoms with E-state index < -0.39 is 0 Å². The largest absolute Gasteiger partial charge is 0.354 e. The van der Waals surface area contributed by atoms with Crippen molar-refractivity contribution in [3.8, 4) is 0 Å². The topological polar surface area (TPSA) is 63.7 Å². The van der Waals surface area contributed by atoms with Crippen LogP contribution in [-0.4, -0.2) is 92.7 Å². The summed E-state index contributed by atoms with van der Waals surface area (Å²) in [7, 11) is 4.58. The van der Waals surface area contributed by atoms with Crippen LogP contribution in [0.2, 0.25) is 0 Å². The number of nitrogens with zero attached hydrogens (tertiary/aromatic N) is 7. The number of unbranched alkanes of at least 4 members (excludes halogenated alkanes) is 3. The van der Waals surface area contributed by atoms with Gasteiger partial charge in [-0.1, -0.05) is 40.0 Å². The maximum atomic E-state index is 5.41. The van der Waals surface area contributed by atoms with Crippen LogP contribution < -0.4 is 15.1 Å². The molecule has 1 aromatic heterocycles. The maximum absolute atomic E-state index is 5.41. The van der Waals surface area contributed by atoms with E-state index in [1.54, 1.807) is 0 Å². The van der Waals surface area contributed by atoms with E-state index in [0.717, 1.165) is 102 Å². The lowest BCUT2D eigenvalue weighted by Crippen LogP contribution is -2.63. The van der Waals surface area contributed by atoms with E-state index in [-0.39, 0.29) is 22.2 Å². The monoisotopic (exact) mass is 601 g/mol. The van der Waals surface area contributed by atoms with E-state index in [1.165, 1.54) is 0 Å². The number of nitrogens with one attached hydrogen (secondary N) is 1. The minimum absolute atomic E-state index is 0.0907. The van der Waals surface area contributed by atoms with Gasteiger partial charge >= 0.3 is 0 Å². The summed E-state index contributed by atoms with van der Waals surface area (Å²) in [6.07, 6.45) is 11.2. The van der Waals surface area contributed by atoms with E-state index in [9.17, 15) is 0 Å². The molecule has 8 heteroatoms. The Morgan fingerprint density at radius 3 is 1.28 bits per heavy atom. The molecule has 0 aromatic carbocycles. The molecule has 0 spiro atoms. The van der Waals surface area contributed by atoms with Crippen molar-refractivity contribution in [2.45, 2.75) is 175 Å². The maximum Gasteiger partial charge on any atom is 0.232 e. The summed E-state index contributed by atoms with van der Waals surface area (Å²) in [5.41, 5.74) is 0.363. The van der Waals surface area contributed by atoms with Crippen molar-refractivity contribution in [1.82, 2.24) is 24.8 Å². The molecule has 8 nitrogen and oxygen atoms in total. The summed E-state index contributed by atoms with van der Waals surface area (Å²) in [4.78, 5) is 26.0. The summed E-state index contributed by atoms with van der Waals surface area (Å²) < 4.78 is 0. The Balaban J connectivity index is 2.12. The van der Waals surface area contributed by atoms with Gasteiger partial charge in [0.2, 0.25) is 17.8 Å². The lowest BCUT2D eigenvalue weighted by molar-refractivity contribution is -0.0130. The third-order valence-corrected chi connectivity index (χ3v) is 10.9. The molecule has 0 amide bonds. The summed E-state index contributed by atoms with van der Waals surface area (Å²) in [5.74, 6) is 2.44. The molecule has 2 saturated heterocycles. The normalized spacial score (nSPS) is 22.4. The molecule has 0 saturated carbocycles. The van der Waals surface area contributed by atoms with Gasteiger partial charge < -0.3 is 15.1 Å². The first-order valence-electron chi connectivity index (χ1n) is 17.5. The Hall–Kier alpha value is -1.67. The van der Waals surface area contributed by atoms with Gasteiger partial charge in [0.05, 0.1) is 0 Å². The van der Waals surface area contributed by atoms with Crippen LogP contribution in [0.25, 0.3) is 0 Å². The lowest BCUT2D eigenvalue weighted by Gasteiger charge is -2.56. The van der Waals surface area contributed by atoms with Gasteiger partial charge in [-0.2, -0.15) is 15.0 Å². The fraction of sp³-hybridized carbons (Fsp3) is 0.914. The molecule has 43 heavy (non-hydrogen) atoms. The van der Waals surface area contributed by atoms with E-state index in [1.807, 2.05) is 0 Å². The average molecular weight is 601 g/mol. The van der Waals surface area contributed by atoms with Gasteiger partial charge in [0.15, 0.2) is 0 Å². The van der Waals surface area contributed by atoms with E-state index >= 15 is 0 Å². The summed E-state index contributed by atoms with van der Waals surface area (Å²) in [5, 5.41) is 3.60. The smallest absolute Gasteiger partial charge is 0.232 e. The van der Waals surface area contributed by atoms with Gasteiger partial charge in [0.1, 0.15) is 0 Å². The molecule has 0 aliphatic carbocycles. The highest BCUT2D eigenvalue weighted by Crippen LogP contribution is 2.42. The average Bonchev–Trinajstić information content (AvgIpc) is 2.90. The molecule has 0 atom stereocenters. The fourth-order valence-electron chi connectivity index (χ4n) is 7.69. The van der Waals surface area contributed by atoms with Crippen LogP contribution in [-0.2, 0) is 0 Å². The molecule has 2 fully saturated rings. The van der Waals surface area contributed by atoms with Gasteiger partial charge in [0, 0.05) is 53.9 Å². The number of aromatic nitrogens is 3. The fourth-order valence-corrected chi connectivity index (χ4v) is 7.69. The van der Waals surface area contributed by atoms with E-state index in [4.69, 9.17) is 15.0 Å². The Labute approximate surface area is 265 Å². The number of hydrogen-bond donors (Lipinski definition) is 1. The van der Waals surface area contributed by atoms with Crippen molar-refractivity contribution >= 4 is 17.8 Å². The van der Waals surface area contributed by atoms with Crippen molar-refractivity contribution in [2.75, 3.05) is 48.8 Å². The van der Waals surface area contributed by atoms with Crippen LogP contribution >= 0.6 is 0 Å². The molecular weight excluding hydrogens is 532 g/mol. The number of piperidine rings is 2. The Morgan fingerprint density at radius 1 is 0.605 bits per heavy atom. The van der Waals surface area contributed by atoms with Gasteiger partial charge in [-0.3, -0.25) is 9.80 Å². The Kier molecular flexibility index (Phi) is 11.8. The molecular formula is C35H68N8. The van der Waals surface area contributed by atoms with Crippen LogP contribution in [0.15, 0.2) is 0 Å². The summed E-state index contributed by atoms with van der Waals surface area (Å²) in [6.45, 7) is 28.8. The molecule has 2 aliphatic heterocycles. The summed E-state index contributed by atoms with van der Waals surface area (Å²) in [6, 6.07) is 0.744. The molecule has 0 unspecified atom stereocenters. The van der Waals surface area contributed by atoms with Crippen LogP contribution in [0.5, 0.6) is 0 Å². The number of anilines is 3. The number of rotatable bonds is 14. The third-order valence-electron chi connectivity index (χ3n) is 10.9. The molecule has 1 aromatic rings. The highest BCUT2D eigenvalue weighted by Gasteiger charge is 2.47. The Morgan fingerprint density at radius 2 is 0.953 bits per heavy atom. The third kappa shape index (κ3) is 8.53. The van der Waals surface area contributed by atoms with Crippen LogP contribution in [0, 0.1) is 0 Å². The minimum Gasteiger partial charge on any atom is -0.354 e. The highest BCUT2D eigenvalue weighted by molar-refractivity contribution is 5.47. The first-order valence-corrected chi connectivity index (χ1v) is 17.5. The predicted molar refractivity (Wildman–Crippen MR) is 186 cm³/mol. The molecule has 0 bridgehead atoms. The molecule has 0 radical (unpaired) electrons. The molecule has 3 rings (SSSR count). The zero-order chi connectivity index (χ0) is 32.2. The van der Waals surface area contributed by atoms with Crippen molar-refractivity contribution in [3.05, 3.63) is 0 Å². The van der Waals surface area contributed by atoms with Crippen molar-refractivity contribution in [3.63, 3.8) is 0 Å². The molecule has 2 aliphatic rings. The second kappa shape index (κ2) is 14.2. The quantitative estimate of drug-likeness (QED) is 0.219. The van der Waals surface area contributed by atoms with Crippen LogP contribution in [0.1, 0.15) is 140 Å². The first kappa shape index (κ1) is 35.8. The highest BCUT2D eigenvalue weighted by atomic mass is 15.4. The van der Waals surface area contributed by atoms with Gasteiger partial charge in [-0.15, -0.1) is 0 Å². The predicted octanol–water partition coefficient (Wildman–Crippen LogP) is 7.60. The van der Waals surface area contributed by atoms with Crippen molar-refractivity contribution in [2.24, 2.45) is 0 Å². The van der Waals surface area contributed by atoms with Crippen molar-refractivity contribution < 1.29 is 0 Å². The molecule has 248 valence electrons.